The number of aromatic nitrogens is 1. The summed E-state index contributed by atoms with van der Waals surface area (Å²) in [5.41, 5.74) is 1.91. The lowest BCUT2D eigenvalue weighted by Crippen LogP contribution is -2.22. The SMILES string of the molecule is CCOC(CC(c1ccc(OC)c(OC)c1)c1nccc2cc(OC)c(OC)cc12)OCC. The summed E-state index contributed by atoms with van der Waals surface area (Å²) >= 11 is 0. The minimum absolute atomic E-state index is 0.130. The average Bonchev–Trinajstić information content (AvgIpc) is 2.85. The Bertz CT molecular complexity index is 1050. The number of hydrogen-bond donors (Lipinski definition) is 0. The van der Waals surface area contributed by atoms with Gasteiger partial charge >= 0.3 is 0 Å². The highest BCUT2D eigenvalue weighted by molar-refractivity contribution is 5.88. The molecular formula is C26H33NO6. The van der Waals surface area contributed by atoms with E-state index in [0.29, 0.717) is 42.6 Å². The first-order valence-corrected chi connectivity index (χ1v) is 11.1. The minimum Gasteiger partial charge on any atom is -0.493 e. The number of benzene rings is 2. The molecule has 0 aliphatic carbocycles. The van der Waals surface area contributed by atoms with Crippen LogP contribution in [0, 0.1) is 0 Å². The molecule has 1 unspecified atom stereocenters. The van der Waals surface area contributed by atoms with Crippen LogP contribution in [0.5, 0.6) is 23.0 Å². The van der Waals surface area contributed by atoms with E-state index in [1.165, 1.54) is 0 Å². The van der Waals surface area contributed by atoms with E-state index >= 15 is 0 Å². The van der Waals surface area contributed by atoms with Gasteiger partial charge in [0.1, 0.15) is 0 Å². The number of rotatable bonds is 12. The van der Waals surface area contributed by atoms with E-state index in [2.05, 4.69) is 0 Å². The monoisotopic (exact) mass is 455 g/mol. The summed E-state index contributed by atoms with van der Waals surface area (Å²) in [4.78, 5) is 4.81. The highest BCUT2D eigenvalue weighted by atomic mass is 16.7. The lowest BCUT2D eigenvalue weighted by atomic mass is 9.88. The van der Waals surface area contributed by atoms with Gasteiger partial charge in [-0.15, -0.1) is 0 Å². The molecule has 7 nitrogen and oxygen atoms in total. The third-order valence-corrected chi connectivity index (χ3v) is 5.57. The van der Waals surface area contributed by atoms with Gasteiger partial charge in [-0.2, -0.15) is 0 Å². The fraction of sp³-hybridized carbons (Fsp3) is 0.423. The van der Waals surface area contributed by atoms with Gasteiger partial charge in [-0.05, 0) is 55.1 Å². The lowest BCUT2D eigenvalue weighted by molar-refractivity contribution is -0.141. The van der Waals surface area contributed by atoms with Gasteiger partial charge in [0, 0.05) is 37.1 Å². The van der Waals surface area contributed by atoms with Gasteiger partial charge in [0.05, 0.1) is 34.1 Å². The van der Waals surface area contributed by atoms with Crippen LogP contribution in [0.15, 0.2) is 42.6 Å². The van der Waals surface area contributed by atoms with Crippen molar-refractivity contribution in [3.8, 4) is 23.0 Å². The van der Waals surface area contributed by atoms with E-state index in [1.807, 2.05) is 56.4 Å². The molecule has 1 heterocycles. The fourth-order valence-corrected chi connectivity index (χ4v) is 4.02. The summed E-state index contributed by atoms with van der Waals surface area (Å²) in [6, 6.07) is 11.8. The van der Waals surface area contributed by atoms with Crippen molar-refractivity contribution in [3.05, 3.63) is 53.9 Å². The second-order valence-corrected chi connectivity index (χ2v) is 7.37. The number of pyridine rings is 1. The van der Waals surface area contributed by atoms with E-state index in [1.54, 1.807) is 28.4 Å². The fourth-order valence-electron chi connectivity index (χ4n) is 4.02. The zero-order valence-electron chi connectivity index (χ0n) is 20.2. The smallest absolute Gasteiger partial charge is 0.161 e. The molecule has 7 heteroatoms. The Morgan fingerprint density at radius 2 is 1.33 bits per heavy atom. The molecular weight excluding hydrogens is 422 g/mol. The van der Waals surface area contributed by atoms with Crippen LogP contribution in [0.3, 0.4) is 0 Å². The predicted molar refractivity (Wildman–Crippen MR) is 128 cm³/mol. The van der Waals surface area contributed by atoms with Crippen LogP contribution in [0.1, 0.15) is 37.4 Å². The Kier molecular flexibility index (Phi) is 8.74. The Balaban J connectivity index is 2.19. The third-order valence-electron chi connectivity index (χ3n) is 5.57. The van der Waals surface area contributed by atoms with Crippen molar-refractivity contribution in [1.82, 2.24) is 4.98 Å². The molecule has 0 bridgehead atoms. The number of hydrogen-bond acceptors (Lipinski definition) is 7. The van der Waals surface area contributed by atoms with Crippen LogP contribution in [-0.2, 0) is 9.47 Å². The van der Waals surface area contributed by atoms with Crippen molar-refractivity contribution < 1.29 is 28.4 Å². The maximum Gasteiger partial charge on any atom is 0.161 e. The van der Waals surface area contributed by atoms with E-state index in [-0.39, 0.29) is 12.2 Å². The highest BCUT2D eigenvalue weighted by Crippen LogP contribution is 2.40. The van der Waals surface area contributed by atoms with Gasteiger partial charge in [0.15, 0.2) is 29.3 Å². The zero-order chi connectivity index (χ0) is 23.8. The lowest BCUT2D eigenvalue weighted by Gasteiger charge is -2.25. The van der Waals surface area contributed by atoms with Gasteiger partial charge in [0.25, 0.3) is 0 Å². The molecule has 2 aromatic carbocycles. The first-order chi connectivity index (χ1) is 16.1. The maximum absolute atomic E-state index is 5.90. The summed E-state index contributed by atoms with van der Waals surface area (Å²) in [6.45, 7) is 5.03. The van der Waals surface area contributed by atoms with E-state index < -0.39 is 0 Å². The molecule has 0 amide bonds. The van der Waals surface area contributed by atoms with Crippen LogP contribution >= 0.6 is 0 Å². The largest absolute Gasteiger partial charge is 0.493 e. The molecule has 33 heavy (non-hydrogen) atoms. The normalized spacial score (nSPS) is 12.1. The summed E-state index contributed by atoms with van der Waals surface area (Å²) in [5.74, 6) is 2.52. The Morgan fingerprint density at radius 1 is 0.727 bits per heavy atom. The van der Waals surface area contributed by atoms with E-state index in [9.17, 15) is 0 Å². The molecule has 0 spiro atoms. The van der Waals surface area contributed by atoms with Gasteiger partial charge in [-0.1, -0.05) is 6.07 Å². The van der Waals surface area contributed by atoms with Gasteiger partial charge in [0.2, 0.25) is 0 Å². The van der Waals surface area contributed by atoms with Crippen molar-refractivity contribution in [1.29, 1.82) is 0 Å². The zero-order valence-corrected chi connectivity index (χ0v) is 20.2. The second-order valence-electron chi connectivity index (χ2n) is 7.37. The van der Waals surface area contributed by atoms with Gasteiger partial charge in [-0.3, -0.25) is 4.98 Å². The van der Waals surface area contributed by atoms with Gasteiger partial charge < -0.3 is 28.4 Å². The number of fused-ring (bicyclic) bond motifs is 1. The average molecular weight is 456 g/mol. The molecule has 0 N–H and O–H groups in total. The van der Waals surface area contributed by atoms with Crippen molar-refractivity contribution in [2.45, 2.75) is 32.5 Å². The number of nitrogens with zero attached hydrogens (tertiary/aromatic N) is 1. The molecule has 1 aromatic heterocycles. The van der Waals surface area contributed by atoms with Crippen LogP contribution in [0.2, 0.25) is 0 Å². The summed E-state index contributed by atoms with van der Waals surface area (Å²) in [5, 5.41) is 1.98. The summed E-state index contributed by atoms with van der Waals surface area (Å²) < 4.78 is 33.9. The van der Waals surface area contributed by atoms with Crippen molar-refractivity contribution in [2.24, 2.45) is 0 Å². The molecule has 1 atom stereocenters. The van der Waals surface area contributed by atoms with Crippen LogP contribution in [-0.4, -0.2) is 52.9 Å². The van der Waals surface area contributed by atoms with Crippen molar-refractivity contribution >= 4 is 10.8 Å². The third kappa shape index (κ3) is 5.49. The molecule has 178 valence electrons. The molecule has 0 saturated heterocycles. The summed E-state index contributed by atoms with van der Waals surface area (Å²) in [7, 11) is 6.52. The van der Waals surface area contributed by atoms with Gasteiger partial charge in [-0.25, -0.2) is 0 Å². The Morgan fingerprint density at radius 3 is 1.94 bits per heavy atom. The molecule has 3 aromatic rings. The Labute approximate surface area is 195 Å². The first kappa shape index (κ1) is 24.6. The van der Waals surface area contributed by atoms with E-state index in [4.69, 9.17) is 33.4 Å². The highest BCUT2D eigenvalue weighted by Gasteiger charge is 2.25. The molecule has 0 radical (unpaired) electrons. The molecule has 0 aliphatic heterocycles. The van der Waals surface area contributed by atoms with Crippen molar-refractivity contribution in [3.63, 3.8) is 0 Å². The number of ether oxygens (including phenoxy) is 6. The predicted octanol–water partition coefficient (Wildman–Crippen LogP) is 5.19. The molecule has 0 aliphatic rings. The molecule has 0 saturated carbocycles. The van der Waals surface area contributed by atoms with E-state index in [0.717, 1.165) is 22.0 Å². The van der Waals surface area contributed by atoms with Crippen molar-refractivity contribution in [2.75, 3.05) is 41.7 Å². The second kappa shape index (κ2) is 11.7. The van der Waals surface area contributed by atoms with Crippen LogP contribution < -0.4 is 18.9 Å². The molecule has 3 rings (SSSR count). The standard InChI is InChI=1S/C26H33NO6/c1-7-32-25(33-8-2)16-20(17-9-10-21(28-3)22(13-17)29-4)26-19-15-24(31-6)23(30-5)14-18(19)11-12-27-26/h9-15,20,25H,7-8,16H2,1-6H3. The summed E-state index contributed by atoms with van der Waals surface area (Å²) in [6.07, 6.45) is 2.01. The first-order valence-electron chi connectivity index (χ1n) is 11.1. The quantitative estimate of drug-likeness (QED) is 0.348. The Hall–Kier alpha value is -3.03. The topological polar surface area (TPSA) is 68.3 Å². The minimum atomic E-state index is -0.379. The van der Waals surface area contributed by atoms with Crippen LogP contribution in [0.4, 0.5) is 0 Å². The number of methoxy groups -OCH3 is 4. The van der Waals surface area contributed by atoms with Crippen LogP contribution in [0.25, 0.3) is 10.8 Å². The maximum atomic E-state index is 5.90. The molecule has 0 fully saturated rings.